The van der Waals surface area contributed by atoms with E-state index in [4.69, 9.17) is 11.6 Å². The molecule has 2 N–H and O–H groups in total. The molecular weight excluding hydrogens is 348 g/mol. The highest BCUT2D eigenvalue weighted by Gasteiger charge is 2.36. The van der Waals surface area contributed by atoms with E-state index >= 15 is 0 Å². The molecule has 0 aromatic carbocycles. The van der Waals surface area contributed by atoms with Gasteiger partial charge in [0.25, 0.3) is 0 Å². The van der Waals surface area contributed by atoms with Gasteiger partial charge in [-0.15, -0.1) is 0 Å². The number of carbonyl (C=O) groups excluding carboxylic acids is 1. The predicted molar refractivity (Wildman–Crippen MR) is 105 cm³/mol. The molecule has 1 amide bonds. The standard InChI is InChI=1S/C20H21ClN4O/c1-25(2)8-7-23-20(26)16-10-15-14-9-12(21)3-4-18(14)24-19(15)13-5-6-22-11-17(13)16/h3-6,9-11,17-18,24H,7-8H2,1-2H3,(H,23,26). The van der Waals surface area contributed by atoms with E-state index in [2.05, 4.69) is 21.7 Å². The molecule has 26 heavy (non-hydrogen) atoms. The minimum atomic E-state index is -0.130. The van der Waals surface area contributed by atoms with E-state index in [1.807, 2.05) is 49.5 Å². The number of carbonyl (C=O) groups is 1. The highest BCUT2D eigenvalue weighted by atomic mass is 35.5. The largest absolute Gasteiger partial charge is 0.374 e. The maximum absolute atomic E-state index is 12.8. The monoisotopic (exact) mass is 368 g/mol. The summed E-state index contributed by atoms with van der Waals surface area (Å²) in [7, 11) is 3.97. The van der Waals surface area contributed by atoms with Crippen LogP contribution in [0.15, 0.2) is 74.6 Å². The van der Waals surface area contributed by atoms with E-state index in [0.29, 0.717) is 11.6 Å². The Morgan fingerprint density at radius 3 is 2.96 bits per heavy atom. The summed E-state index contributed by atoms with van der Waals surface area (Å²) in [6.07, 6.45) is 13.5. The van der Waals surface area contributed by atoms with Crippen LogP contribution in [0.2, 0.25) is 0 Å². The van der Waals surface area contributed by atoms with Crippen LogP contribution >= 0.6 is 11.6 Å². The van der Waals surface area contributed by atoms with Crippen molar-refractivity contribution in [3.8, 4) is 0 Å². The van der Waals surface area contributed by atoms with E-state index in [1.165, 1.54) is 0 Å². The smallest absolute Gasteiger partial charge is 0.248 e. The van der Waals surface area contributed by atoms with E-state index in [9.17, 15) is 4.79 Å². The topological polar surface area (TPSA) is 56.7 Å². The molecule has 0 saturated heterocycles. The zero-order chi connectivity index (χ0) is 18.3. The molecular formula is C20H21ClN4O. The van der Waals surface area contributed by atoms with Gasteiger partial charge in [-0.1, -0.05) is 17.7 Å². The van der Waals surface area contributed by atoms with Gasteiger partial charge in [-0.2, -0.15) is 0 Å². The maximum atomic E-state index is 12.8. The van der Waals surface area contributed by atoms with Crippen molar-refractivity contribution in [2.45, 2.75) is 6.04 Å². The van der Waals surface area contributed by atoms with Gasteiger partial charge in [-0.05, 0) is 49.5 Å². The quantitative estimate of drug-likeness (QED) is 0.798. The Kier molecular flexibility index (Phi) is 4.42. The molecule has 4 rings (SSSR count). The number of hydrogen-bond acceptors (Lipinski definition) is 4. The van der Waals surface area contributed by atoms with E-state index in [-0.39, 0.29) is 17.9 Å². The van der Waals surface area contributed by atoms with E-state index in [0.717, 1.165) is 34.5 Å². The van der Waals surface area contributed by atoms with Gasteiger partial charge in [0.2, 0.25) is 5.91 Å². The molecule has 0 fully saturated rings. The van der Waals surface area contributed by atoms with Crippen LogP contribution in [0.1, 0.15) is 0 Å². The molecule has 0 saturated carbocycles. The first kappa shape index (κ1) is 17.1. The number of allylic oxidation sites excluding steroid dienone is 5. The molecule has 0 aromatic heterocycles. The fourth-order valence-electron chi connectivity index (χ4n) is 3.60. The van der Waals surface area contributed by atoms with Gasteiger partial charge in [-0.25, -0.2) is 0 Å². The first-order valence-corrected chi connectivity index (χ1v) is 9.07. The fraction of sp³-hybridized carbons (Fsp3) is 0.300. The van der Waals surface area contributed by atoms with Crippen molar-refractivity contribution in [2.24, 2.45) is 10.9 Å². The summed E-state index contributed by atoms with van der Waals surface area (Å²) < 4.78 is 0. The van der Waals surface area contributed by atoms with Gasteiger partial charge in [0, 0.05) is 47.4 Å². The number of nitrogens with zero attached hydrogens (tertiary/aromatic N) is 2. The molecule has 0 spiro atoms. The SMILES string of the molecule is CN(C)CCNC(=O)C1=CC2=C3C=C(Cl)C=CC3NC2=C2C=CN=CC12. The molecule has 2 unspecified atom stereocenters. The van der Waals surface area contributed by atoms with Crippen LogP contribution < -0.4 is 10.6 Å². The van der Waals surface area contributed by atoms with Crippen LogP contribution in [0.3, 0.4) is 0 Å². The van der Waals surface area contributed by atoms with Gasteiger partial charge in [-0.3, -0.25) is 9.79 Å². The molecule has 6 heteroatoms. The normalized spacial score (nSPS) is 25.5. The zero-order valence-corrected chi connectivity index (χ0v) is 15.5. The van der Waals surface area contributed by atoms with Crippen molar-refractivity contribution in [1.82, 2.24) is 15.5 Å². The number of halogens is 1. The lowest BCUT2D eigenvalue weighted by Crippen LogP contribution is -2.36. The summed E-state index contributed by atoms with van der Waals surface area (Å²) in [6.45, 7) is 1.41. The highest BCUT2D eigenvalue weighted by Crippen LogP contribution is 2.41. The Morgan fingerprint density at radius 2 is 2.15 bits per heavy atom. The van der Waals surface area contributed by atoms with Crippen LogP contribution in [0.4, 0.5) is 0 Å². The molecule has 0 aromatic rings. The lowest BCUT2D eigenvalue weighted by Gasteiger charge is -2.26. The third-order valence-electron chi connectivity index (χ3n) is 4.90. The first-order chi connectivity index (χ1) is 12.5. The molecule has 5 nitrogen and oxygen atoms in total. The Balaban J connectivity index is 1.71. The summed E-state index contributed by atoms with van der Waals surface area (Å²) in [6, 6.07) is 0.0929. The molecule has 134 valence electrons. The number of nitrogens with one attached hydrogen (secondary N) is 2. The third-order valence-corrected chi connectivity index (χ3v) is 5.13. The molecule has 2 aliphatic heterocycles. The van der Waals surface area contributed by atoms with Crippen LogP contribution in [-0.2, 0) is 4.79 Å². The summed E-state index contributed by atoms with van der Waals surface area (Å²) in [5.74, 6) is -0.178. The van der Waals surface area contributed by atoms with Crippen molar-refractivity contribution >= 4 is 23.7 Å². The Bertz CT molecular complexity index is 870. The summed E-state index contributed by atoms with van der Waals surface area (Å²) >= 11 is 6.21. The second-order valence-corrected chi connectivity index (χ2v) is 7.40. The second kappa shape index (κ2) is 6.74. The van der Waals surface area contributed by atoms with Crippen LogP contribution in [0.5, 0.6) is 0 Å². The van der Waals surface area contributed by atoms with Gasteiger partial charge >= 0.3 is 0 Å². The second-order valence-electron chi connectivity index (χ2n) is 6.96. The Labute approximate surface area is 158 Å². The number of likely N-dealkylation sites (N-methyl/N-ethyl adjacent to an activating group) is 1. The van der Waals surface area contributed by atoms with E-state index < -0.39 is 0 Å². The van der Waals surface area contributed by atoms with Crippen molar-refractivity contribution in [3.05, 3.63) is 69.6 Å². The summed E-state index contributed by atoms with van der Waals surface area (Å²) in [5.41, 5.74) is 5.01. The lowest BCUT2D eigenvalue weighted by molar-refractivity contribution is -0.117. The Morgan fingerprint density at radius 1 is 1.31 bits per heavy atom. The predicted octanol–water partition coefficient (Wildman–Crippen LogP) is 2.03. The van der Waals surface area contributed by atoms with Crippen LogP contribution in [0, 0.1) is 5.92 Å². The first-order valence-electron chi connectivity index (χ1n) is 8.69. The third kappa shape index (κ3) is 2.97. The van der Waals surface area contributed by atoms with Crippen molar-refractivity contribution in [1.29, 1.82) is 0 Å². The maximum Gasteiger partial charge on any atom is 0.248 e. The number of aliphatic imine (C=N–C) groups is 1. The zero-order valence-electron chi connectivity index (χ0n) is 14.8. The van der Waals surface area contributed by atoms with E-state index in [1.54, 1.807) is 6.20 Å². The molecule has 2 atom stereocenters. The van der Waals surface area contributed by atoms with Crippen molar-refractivity contribution < 1.29 is 4.79 Å². The van der Waals surface area contributed by atoms with Gasteiger partial charge in [0.05, 0.1) is 12.0 Å². The molecule has 4 aliphatic rings. The van der Waals surface area contributed by atoms with Crippen LogP contribution in [-0.4, -0.2) is 50.2 Å². The minimum absolute atomic E-state index is 0.0480. The number of amides is 1. The van der Waals surface area contributed by atoms with Gasteiger partial charge in [0.15, 0.2) is 0 Å². The van der Waals surface area contributed by atoms with Crippen molar-refractivity contribution in [3.63, 3.8) is 0 Å². The molecule has 0 bridgehead atoms. The number of hydrogen-bond donors (Lipinski definition) is 2. The van der Waals surface area contributed by atoms with Crippen molar-refractivity contribution in [2.75, 3.05) is 27.2 Å². The fourth-order valence-corrected chi connectivity index (χ4v) is 3.79. The molecule has 0 radical (unpaired) electrons. The minimum Gasteiger partial charge on any atom is -0.374 e. The number of fused-ring (bicyclic) bond motifs is 3. The van der Waals surface area contributed by atoms with Gasteiger partial charge < -0.3 is 15.5 Å². The van der Waals surface area contributed by atoms with Gasteiger partial charge in [0.1, 0.15) is 0 Å². The van der Waals surface area contributed by atoms with Crippen LogP contribution in [0.25, 0.3) is 0 Å². The lowest BCUT2D eigenvalue weighted by atomic mass is 9.81. The number of rotatable bonds is 4. The summed E-state index contributed by atoms with van der Waals surface area (Å²) in [5, 5.41) is 7.27. The molecule has 2 heterocycles. The highest BCUT2D eigenvalue weighted by molar-refractivity contribution is 6.31. The average Bonchev–Trinajstić information content (AvgIpc) is 2.98. The molecule has 2 aliphatic carbocycles. The average molecular weight is 369 g/mol. The summed E-state index contributed by atoms with van der Waals surface area (Å²) in [4.78, 5) is 19.1. The Hall–Kier alpha value is -2.37.